The van der Waals surface area contributed by atoms with Crippen molar-refractivity contribution in [1.82, 2.24) is 9.71 Å². The molecule has 0 radical (unpaired) electrons. The van der Waals surface area contributed by atoms with Crippen molar-refractivity contribution in [2.45, 2.75) is 25.1 Å². The molecule has 0 saturated carbocycles. The molecule has 3 atom stereocenters. The summed E-state index contributed by atoms with van der Waals surface area (Å²) in [6, 6.07) is -0.0844. The van der Waals surface area contributed by atoms with Crippen LogP contribution in [-0.4, -0.2) is 62.0 Å². The summed E-state index contributed by atoms with van der Waals surface area (Å²) in [5.41, 5.74) is 5.62. The van der Waals surface area contributed by atoms with Gasteiger partial charge in [-0.25, -0.2) is 4.39 Å². The van der Waals surface area contributed by atoms with Crippen molar-refractivity contribution >= 4 is 13.9 Å². The van der Waals surface area contributed by atoms with Crippen molar-refractivity contribution in [3.05, 3.63) is 0 Å². The topological polar surface area (TPSA) is 49.6 Å². The first kappa shape index (κ1) is 11.9. The normalized spacial score (nSPS) is 35.9. The van der Waals surface area contributed by atoms with E-state index >= 15 is 0 Å². The molecular formula is C10H19BFN3O. The summed E-state index contributed by atoms with van der Waals surface area (Å²) in [6.07, 6.45) is 0.475. The molecule has 3 unspecified atom stereocenters. The van der Waals surface area contributed by atoms with E-state index in [9.17, 15) is 9.18 Å². The summed E-state index contributed by atoms with van der Waals surface area (Å²) in [6.45, 7) is 2.34. The van der Waals surface area contributed by atoms with E-state index in [0.29, 0.717) is 25.4 Å². The molecule has 0 aromatic rings. The highest BCUT2D eigenvalue weighted by Gasteiger charge is 2.37. The van der Waals surface area contributed by atoms with Gasteiger partial charge in [0.05, 0.1) is 12.6 Å². The number of nitrogens with two attached hydrogens (primary N) is 1. The zero-order valence-electron chi connectivity index (χ0n) is 9.73. The highest BCUT2D eigenvalue weighted by atomic mass is 19.1. The van der Waals surface area contributed by atoms with Gasteiger partial charge in [-0.2, -0.15) is 0 Å². The standard InChI is InChI=1S/C10H19BFN3O/c11-15-5-7(4-13)3-9(15)10(16)14-2-1-8(12)6-14/h7-9H,1-6,11,13H2. The van der Waals surface area contributed by atoms with Gasteiger partial charge in [0.25, 0.3) is 0 Å². The fourth-order valence-corrected chi connectivity index (χ4v) is 2.69. The summed E-state index contributed by atoms with van der Waals surface area (Å²) >= 11 is 0. The van der Waals surface area contributed by atoms with E-state index in [1.165, 1.54) is 0 Å². The van der Waals surface area contributed by atoms with E-state index in [1.807, 2.05) is 12.8 Å². The minimum atomic E-state index is -0.832. The maximum absolute atomic E-state index is 13.0. The molecule has 0 aromatic carbocycles. The van der Waals surface area contributed by atoms with Crippen molar-refractivity contribution in [2.75, 3.05) is 26.2 Å². The molecule has 0 aromatic heterocycles. The molecule has 2 aliphatic heterocycles. The molecule has 6 heteroatoms. The third-order valence-electron chi connectivity index (χ3n) is 3.70. The van der Waals surface area contributed by atoms with Gasteiger partial charge in [0.2, 0.25) is 5.91 Å². The van der Waals surface area contributed by atoms with Crippen LogP contribution in [0.2, 0.25) is 0 Å². The fraction of sp³-hybridized carbons (Fsp3) is 0.900. The number of carbonyl (C=O) groups excluding carboxylic acids is 1. The molecule has 0 aliphatic carbocycles. The predicted molar refractivity (Wildman–Crippen MR) is 62.3 cm³/mol. The molecule has 2 aliphatic rings. The molecule has 16 heavy (non-hydrogen) atoms. The summed E-state index contributed by atoms with van der Waals surface area (Å²) < 4.78 is 13.0. The summed E-state index contributed by atoms with van der Waals surface area (Å²) in [7, 11) is 1.95. The number of amides is 1. The number of alkyl halides is 1. The van der Waals surface area contributed by atoms with Crippen LogP contribution in [0.25, 0.3) is 0 Å². The van der Waals surface area contributed by atoms with Crippen LogP contribution >= 0.6 is 0 Å². The Balaban J connectivity index is 1.94. The van der Waals surface area contributed by atoms with Gasteiger partial charge >= 0.3 is 0 Å². The third kappa shape index (κ3) is 2.22. The number of hydrogen-bond donors (Lipinski definition) is 1. The molecule has 2 N–H and O–H groups in total. The first-order valence-electron chi connectivity index (χ1n) is 5.95. The van der Waals surface area contributed by atoms with Crippen LogP contribution in [0.15, 0.2) is 0 Å². The van der Waals surface area contributed by atoms with Crippen LogP contribution in [0.3, 0.4) is 0 Å². The monoisotopic (exact) mass is 227 g/mol. The Morgan fingerprint density at radius 3 is 2.75 bits per heavy atom. The average molecular weight is 227 g/mol. The van der Waals surface area contributed by atoms with Gasteiger partial charge in [-0.3, -0.25) is 4.79 Å². The van der Waals surface area contributed by atoms with Gasteiger partial charge in [0.1, 0.15) is 6.17 Å². The fourth-order valence-electron chi connectivity index (χ4n) is 2.69. The van der Waals surface area contributed by atoms with Crippen LogP contribution in [0.1, 0.15) is 12.8 Å². The summed E-state index contributed by atoms with van der Waals surface area (Å²) in [4.78, 5) is 15.8. The van der Waals surface area contributed by atoms with Crippen LogP contribution in [0.4, 0.5) is 4.39 Å². The Bertz CT molecular complexity index is 279. The smallest absolute Gasteiger partial charge is 0.239 e. The molecule has 2 heterocycles. The van der Waals surface area contributed by atoms with Crippen LogP contribution in [-0.2, 0) is 4.79 Å². The van der Waals surface area contributed by atoms with Crippen molar-refractivity contribution < 1.29 is 9.18 Å². The average Bonchev–Trinajstić information content (AvgIpc) is 2.83. The number of carbonyl (C=O) groups is 1. The predicted octanol–water partition coefficient (Wildman–Crippen LogP) is -1.25. The van der Waals surface area contributed by atoms with Crippen LogP contribution < -0.4 is 5.73 Å². The highest BCUT2D eigenvalue weighted by molar-refractivity contribution is 6.07. The van der Waals surface area contributed by atoms with Gasteiger partial charge in [-0.1, -0.05) is 0 Å². The lowest BCUT2D eigenvalue weighted by atomic mass is 10.1. The largest absolute Gasteiger partial charge is 0.338 e. The number of halogens is 1. The Labute approximate surface area is 96.4 Å². The van der Waals surface area contributed by atoms with Gasteiger partial charge in [0.15, 0.2) is 7.98 Å². The van der Waals surface area contributed by atoms with E-state index in [2.05, 4.69) is 0 Å². The third-order valence-corrected chi connectivity index (χ3v) is 3.70. The van der Waals surface area contributed by atoms with E-state index in [0.717, 1.165) is 13.0 Å². The first-order valence-corrected chi connectivity index (χ1v) is 5.95. The van der Waals surface area contributed by atoms with Crippen molar-refractivity contribution in [3.8, 4) is 0 Å². The zero-order valence-corrected chi connectivity index (χ0v) is 9.73. The molecular weight excluding hydrogens is 208 g/mol. The molecule has 2 saturated heterocycles. The minimum Gasteiger partial charge on any atom is -0.338 e. The van der Waals surface area contributed by atoms with Gasteiger partial charge in [-0.15, -0.1) is 0 Å². The number of likely N-dealkylation sites (tertiary alicyclic amines) is 1. The minimum absolute atomic E-state index is 0.0820. The maximum atomic E-state index is 13.0. The quantitative estimate of drug-likeness (QED) is 0.600. The van der Waals surface area contributed by atoms with E-state index in [1.54, 1.807) is 4.90 Å². The van der Waals surface area contributed by atoms with E-state index in [4.69, 9.17) is 5.73 Å². The number of rotatable bonds is 2. The van der Waals surface area contributed by atoms with Crippen molar-refractivity contribution in [1.29, 1.82) is 0 Å². The Kier molecular flexibility index (Phi) is 3.49. The lowest BCUT2D eigenvalue weighted by molar-refractivity contribution is -0.133. The summed E-state index contributed by atoms with van der Waals surface area (Å²) in [5.74, 6) is 0.487. The molecule has 2 fully saturated rings. The zero-order chi connectivity index (χ0) is 11.7. The number of nitrogens with zero attached hydrogens (tertiary/aromatic N) is 2. The Morgan fingerprint density at radius 2 is 2.25 bits per heavy atom. The van der Waals surface area contributed by atoms with Crippen LogP contribution in [0.5, 0.6) is 0 Å². The van der Waals surface area contributed by atoms with Crippen molar-refractivity contribution in [3.63, 3.8) is 0 Å². The lowest BCUT2D eigenvalue weighted by Crippen LogP contribution is -2.43. The van der Waals surface area contributed by atoms with Crippen LogP contribution in [0, 0.1) is 5.92 Å². The van der Waals surface area contributed by atoms with Gasteiger partial charge in [-0.05, 0) is 31.8 Å². The Morgan fingerprint density at radius 1 is 1.50 bits per heavy atom. The molecule has 2 rings (SSSR count). The van der Waals surface area contributed by atoms with E-state index in [-0.39, 0.29) is 18.5 Å². The summed E-state index contributed by atoms with van der Waals surface area (Å²) in [5, 5.41) is 0. The maximum Gasteiger partial charge on any atom is 0.239 e. The molecule has 4 nitrogen and oxygen atoms in total. The Hall–Kier alpha value is -0.615. The lowest BCUT2D eigenvalue weighted by Gasteiger charge is -2.24. The SMILES string of the molecule is BN1CC(CN)CC1C(=O)N1CCC(F)C1. The van der Waals surface area contributed by atoms with Gasteiger partial charge < -0.3 is 15.4 Å². The second kappa shape index (κ2) is 4.71. The first-order chi connectivity index (χ1) is 7.61. The molecule has 0 bridgehead atoms. The number of hydrogen-bond acceptors (Lipinski definition) is 3. The van der Waals surface area contributed by atoms with Gasteiger partial charge in [0, 0.05) is 6.54 Å². The second-order valence-corrected chi connectivity index (χ2v) is 4.96. The molecule has 1 amide bonds. The van der Waals surface area contributed by atoms with E-state index < -0.39 is 6.17 Å². The van der Waals surface area contributed by atoms with Crippen molar-refractivity contribution in [2.24, 2.45) is 11.7 Å². The molecule has 0 spiro atoms. The molecule has 90 valence electrons. The highest BCUT2D eigenvalue weighted by Crippen LogP contribution is 2.24. The second-order valence-electron chi connectivity index (χ2n) is 4.96.